The number of fused-ring (bicyclic) bond motifs is 3. The summed E-state index contributed by atoms with van der Waals surface area (Å²) in [5.41, 5.74) is 3.50. The van der Waals surface area contributed by atoms with Crippen LogP contribution < -0.4 is 0 Å². The van der Waals surface area contributed by atoms with E-state index in [1.54, 1.807) is 30.6 Å². The number of nitrogens with zero attached hydrogens (tertiary/aromatic N) is 4. The van der Waals surface area contributed by atoms with Crippen LogP contribution in [0.25, 0.3) is 17.1 Å². The van der Waals surface area contributed by atoms with Gasteiger partial charge in [-0.3, -0.25) is 9.55 Å². The summed E-state index contributed by atoms with van der Waals surface area (Å²) in [7, 11) is 0. The van der Waals surface area contributed by atoms with Crippen LogP contribution in [-0.2, 0) is 6.42 Å². The quantitative estimate of drug-likeness (QED) is 0.511. The zero-order valence-corrected chi connectivity index (χ0v) is 14.9. The molecule has 5 rings (SSSR count). The minimum atomic E-state index is -0.324. The molecule has 28 heavy (non-hydrogen) atoms. The molecule has 2 aromatic carbocycles. The molecule has 0 N–H and O–H groups in total. The Labute approximate surface area is 160 Å². The smallest absolute Gasteiger partial charge is 0.170 e. The molecule has 4 nitrogen and oxygen atoms in total. The van der Waals surface area contributed by atoms with E-state index in [9.17, 15) is 8.78 Å². The first-order chi connectivity index (χ1) is 13.7. The molecule has 1 aliphatic rings. The molecular weight excluding hydrogens is 358 g/mol. The molecular formula is C22H16F2N4. The second-order valence-electron chi connectivity index (χ2n) is 6.86. The van der Waals surface area contributed by atoms with Gasteiger partial charge in [0.05, 0.1) is 5.69 Å². The standard InChI is InChI=1S/C22H16F2N4/c23-16-5-3-14(4-6-16)18-9-10-21-26-27-22(15-2-1-11-25-13-15)28(21)20-12-17(24)7-8-19(18)20/h1-8,11-13,18H,9-10H2/t18-/m1/s1. The van der Waals surface area contributed by atoms with E-state index in [2.05, 4.69) is 15.2 Å². The summed E-state index contributed by atoms with van der Waals surface area (Å²) in [5.74, 6) is 0.827. The average Bonchev–Trinajstić information content (AvgIpc) is 3.08. The zero-order chi connectivity index (χ0) is 19.1. The van der Waals surface area contributed by atoms with E-state index < -0.39 is 0 Å². The van der Waals surface area contributed by atoms with Crippen molar-refractivity contribution in [3.63, 3.8) is 0 Å². The summed E-state index contributed by atoms with van der Waals surface area (Å²) in [6, 6.07) is 15.0. The molecule has 0 amide bonds. The number of pyridine rings is 1. The van der Waals surface area contributed by atoms with Crippen molar-refractivity contribution < 1.29 is 8.78 Å². The van der Waals surface area contributed by atoms with Crippen LogP contribution in [0.15, 0.2) is 67.0 Å². The van der Waals surface area contributed by atoms with Crippen molar-refractivity contribution in [2.24, 2.45) is 0 Å². The molecule has 0 bridgehead atoms. The zero-order valence-electron chi connectivity index (χ0n) is 14.9. The van der Waals surface area contributed by atoms with Gasteiger partial charge in [-0.15, -0.1) is 10.2 Å². The SMILES string of the molecule is Fc1ccc([C@H]2CCc3nnc(-c4cccnc4)n3-c3cc(F)ccc32)cc1. The van der Waals surface area contributed by atoms with E-state index in [0.29, 0.717) is 17.9 Å². The Bertz CT molecular complexity index is 1140. The Balaban J connectivity index is 1.72. The highest BCUT2D eigenvalue weighted by Crippen LogP contribution is 2.38. The maximum Gasteiger partial charge on any atom is 0.170 e. The molecule has 1 atom stereocenters. The monoisotopic (exact) mass is 374 g/mol. The van der Waals surface area contributed by atoms with Crippen molar-refractivity contribution in [3.05, 3.63) is 95.6 Å². The van der Waals surface area contributed by atoms with E-state index >= 15 is 0 Å². The second-order valence-corrected chi connectivity index (χ2v) is 6.86. The van der Waals surface area contributed by atoms with Gasteiger partial charge in [0.15, 0.2) is 5.82 Å². The van der Waals surface area contributed by atoms with Crippen molar-refractivity contribution in [3.8, 4) is 17.1 Å². The number of rotatable bonds is 2. The Morgan fingerprint density at radius 3 is 2.54 bits per heavy atom. The maximum absolute atomic E-state index is 14.2. The lowest BCUT2D eigenvalue weighted by molar-refractivity contribution is 0.623. The lowest BCUT2D eigenvalue weighted by atomic mass is 9.87. The lowest BCUT2D eigenvalue weighted by Gasteiger charge is -2.19. The van der Waals surface area contributed by atoms with Gasteiger partial charge in [0.2, 0.25) is 0 Å². The predicted molar refractivity (Wildman–Crippen MR) is 101 cm³/mol. The molecule has 0 unspecified atom stereocenters. The molecule has 2 aromatic heterocycles. The number of hydrogen-bond acceptors (Lipinski definition) is 3. The third kappa shape index (κ3) is 2.78. The lowest BCUT2D eigenvalue weighted by Crippen LogP contribution is -2.06. The van der Waals surface area contributed by atoms with Gasteiger partial charge in [0.25, 0.3) is 0 Å². The summed E-state index contributed by atoms with van der Waals surface area (Å²) in [5, 5.41) is 8.72. The Morgan fingerprint density at radius 2 is 1.75 bits per heavy atom. The van der Waals surface area contributed by atoms with Crippen LogP contribution in [0.4, 0.5) is 8.78 Å². The van der Waals surface area contributed by atoms with E-state index in [-0.39, 0.29) is 17.6 Å². The number of benzene rings is 2. The van der Waals surface area contributed by atoms with Gasteiger partial charge in [-0.05, 0) is 53.9 Å². The van der Waals surface area contributed by atoms with Crippen molar-refractivity contribution in [2.45, 2.75) is 18.8 Å². The van der Waals surface area contributed by atoms with Crippen molar-refractivity contribution in [2.75, 3.05) is 0 Å². The molecule has 138 valence electrons. The Kier molecular flexibility index (Phi) is 3.97. The van der Waals surface area contributed by atoms with Crippen LogP contribution in [0.3, 0.4) is 0 Å². The Morgan fingerprint density at radius 1 is 0.929 bits per heavy atom. The largest absolute Gasteiger partial charge is 0.279 e. The normalized spacial score (nSPS) is 15.6. The first-order valence-corrected chi connectivity index (χ1v) is 9.10. The fraction of sp³-hybridized carbons (Fsp3) is 0.136. The highest BCUT2D eigenvalue weighted by molar-refractivity contribution is 5.60. The minimum Gasteiger partial charge on any atom is -0.279 e. The minimum absolute atomic E-state index is 0.0136. The van der Waals surface area contributed by atoms with Crippen LogP contribution in [0, 0.1) is 11.6 Å². The molecule has 0 saturated heterocycles. The predicted octanol–water partition coefficient (Wildman–Crippen LogP) is 4.69. The van der Waals surface area contributed by atoms with Crippen molar-refractivity contribution in [1.29, 1.82) is 0 Å². The number of hydrogen-bond donors (Lipinski definition) is 0. The average molecular weight is 374 g/mol. The molecule has 0 saturated carbocycles. The van der Waals surface area contributed by atoms with Gasteiger partial charge in [0.1, 0.15) is 17.5 Å². The molecule has 4 aromatic rings. The summed E-state index contributed by atoms with van der Waals surface area (Å²) in [6.45, 7) is 0. The van der Waals surface area contributed by atoms with Crippen LogP contribution in [-0.4, -0.2) is 19.7 Å². The number of halogens is 2. The van der Waals surface area contributed by atoms with Crippen molar-refractivity contribution in [1.82, 2.24) is 19.7 Å². The van der Waals surface area contributed by atoms with E-state index in [1.807, 2.05) is 16.7 Å². The van der Waals surface area contributed by atoms with Gasteiger partial charge in [-0.25, -0.2) is 8.78 Å². The van der Waals surface area contributed by atoms with Crippen molar-refractivity contribution >= 4 is 0 Å². The van der Waals surface area contributed by atoms with Crippen LogP contribution in [0.2, 0.25) is 0 Å². The summed E-state index contributed by atoms with van der Waals surface area (Å²) in [4.78, 5) is 4.17. The van der Waals surface area contributed by atoms with Crippen LogP contribution in [0.5, 0.6) is 0 Å². The van der Waals surface area contributed by atoms with E-state index in [4.69, 9.17) is 0 Å². The highest BCUT2D eigenvalue weighted by Gasteiger charge is 2.27. The molecule has 0 spiro atoms. The number of aryl methyl sites for hydroxylation is 1. The molecule has 0 radical (unpaired) electrons. The third-order valence-corrected chi connectivity index (χ3v) is 5.19. The van der Waals surface area contributed by atoms with Crippen LogP contribution >= 0.6 is 0 Å². The fourth-order valence-electron chi connectivity index (χ4n) is 3.89. The molecule has 1 aliphatic heterocycles. The number of aromatic nitrogens is 4. The highest BCUT2D eigenvalue weighted by atomic mass is 19.1. The molecule has 0 aliphatic carbocycles. The Hall–Kier alpha value is -3.41. The van der Waals surface area contributed by atoms with Gasteiger partial charge >= 0.3 is 0 Å². The van der Waals surface area contributed by atoms with Gasteiger partial charge in [-0.1, -0.05) is 18.2 Å². The van der Waals surface area contributed by atoms with Gasteiger partial charge in [0, 0.05) is 30.3 Å². The summed E-state index contributed by atoms with van der Waals surface area (Å²) >= 11 is 0. The second kappa shape index (κ2) is 6.64. The fourth-order valence-corrected chi connectivity index (χ4v) is 3.89. The topological polar surface area (TPSA) is 43.6 Å². The molecule has 3 heterocycles. The van der Waals surface area contributed by atoms with E-state index in [1.165, 1.54) is 24.3 Å². The first kappa shape index (κ1) is 16.7. The maximum atomic E-state index is 14.2. The summed E-state index contributed by atoms with van der Waals surface area (Å²) < 4.78 is 29.6. The molecule has 0 fully saturated rings. The van der Waals surface area contributed by atoms with Gasteiger partial charge < -0.3 is 0 Å². The molecule has 6 heteroatoms. The summed E-state index contributed by atoms with van der Waals surface area (Å²) in [6.07, 6.45) is 4.86. The first-order valence-electron chi connectivity index (χ1n) is 9.10. The third-order valence-electron chi connectivity index (χ3n) is 5.19. The van der Waals surface area contributed by atoms with E-state index in [0.717, 1.165) is 28.9 Å². The van der Waals surface area contributed by atoms with Crippen LogP contribution in [0.1, 0.15) is 29.3 Å². The van der Waals surface area contributed by atoms with Gasteiger partial charge in [-0.2, -0.15) is 0 Å².